The van der Waals surface area contributed by atoms with Crippen molar-refractivity contribution in [3.8, 4) is 11.8 Å². The van der Waals surface area contributed by atoms with Gasteiger partial charge in [0.25, 0.3) is 11.8 Å². The lowest BCUT2D eigenvalue weighted by Crippen LogP contribution is -2.51. The van der Waals surface area contributed by atoms with Crippen molar-refractivity contribution in [1.29, 1.82) is 0 Å². The molecule has 0 saturated heterocycles. The number of anilines is 1. The van der Waals surface area contributed by atoms with Gasteiger partial charge in [-0.15, -0.1) is 0 Å². The van der Waals surface area contributed by atoms with E-state index in [1.807, 2.05) is 0 Å². The quantitative estimate of drug-likeness (QED) is 0.129. The standard InChI is InChI=1S/C29H27F3N4O5.CH4/c1-18(37)26(28(40)36-41)35-27(39)22-11-7-19(8-12-22)5-6-20-9-13-24(14-10-20)34-25(38)17-33-16-21-3-2-4-23(15-21)29(30,31)32;/h2-4,7-15,18,26,33,37,41H,16-17H2,1H3,(H,34,38)(H,35,39)(H,36,40);1H4/t18-,26+;/m1./s1. The van der Waals surface area contributed by atoms with Crippen molar-refractivity contribution < 1.29 is 37.9 Å². The number of hydrogen-bond acceptors (Lipinski definition) is 6. The fraction of sp³-hybridized carbons (Fsp3) is 0.233. The molecule has 12 heteroatoms. The second kappa shape index (κ2) is 15.3. The molecule has 0 fully saturated rings. The number of alkyl halides is 3. The van der Waals surface area contributed by atoms with Crippen molar-refractivity contribution in [2.75, 3.05) is 11.9 Å². The molecular formula is C30H31F3N4O5. The molecule has 0 aliphatic heterocycles. The summed E-state index contributed by atoms with van der Waals surface area (Å²) in [5.41, 5.74) is 3.04. The van der Waals surface area contributed by atoms with Crippen molar-refractivity contribution in [2.45, 2.75) is 39.2 Å². The van der Waals surface area contributed by atoms with E-state index in [0.29, 0.717) is 22.4 Å². The van der Waals surface area contributed by atoms with Crippen LogP contribution in [-0.2, 0) is 22.3 Å². The van der Waals surface area contributed by atoms with Gasteiger partial charge in [-0.1, -0.05) is 37.5 Å². The van der Waals surface area contributed by atoms with E-state index in [-0.39, 0.29) is 32.0 Å². The van der Waals surface area contributed by atoms with Crippen LogP contribution in [0.25, 0.3) is 0 Å². The predicted molar refractivity (Wildman–Crippen MR) is 150 cm³/mol. The van der Waals surface area contributed by atoms with Crippen LogP contribution in [0.3, 0.4) is 0 Å². The Morgan fingerprint density at radius 1 is 0.929 bits per heavy atom. The van der Waals surface area contributed by atoms with Crippen molar-refractivity contribution in [1.82, 2.24) is 16.1 Å². The molecule has 2 atom stereocenters. The number of amides is 3. The highest BCUT2D eigenvalue weighted by Gasteiger charge is 2.30. The topological polar surface area (TPSA) is 140 Å². The number of carbonyl (C=O) groups excluding carboxylic acids is 3. The zero-order valence-corrected chi connectivity index (χ0v) is 21.8. The van der Waals surface area contributed by atoms with Crippen LogP contribution in [0.15, 0.2) is 72.8 Å². The van der Waals surface area contributed by atoms with Crippen molar-refractivity contribution >= 4 is 23.4 Å². The Morgan fingerprint density at radius 2 is 1.52 bits per heavy atom. The molecule has 0 heterocycles. The first-order valence-corrected chi connectivity index (χ1v) is 12.3. The highest BCUT2D eigenvalue weighted by Crippen LogP contribution is 2.29. The molecule has 0 unspecified atom stereocenters. The second-order valence-corrected chi connectivity index (χ2v) is 8.92. The van der Waals surface area contributed by atoms with Gasteiger partial charge < -0.3 is 21.1 Å². The first-order chi connectivity index (χ1) is 19.5. The third-order valence-corrected chi connectivity index (χ3v) is 5.70. The molecule has 3 rings (SSSR count). The van der Waals surface area contributed by atoms with E-state index in [2.05, 4.69) is 27.8 Å². The summed E-state index contributed by atoms with van der Waals surface area (Å²) < 4.78 is 38.5. The number of aliphatic hydroxyl groups excluding tert-OH is 1. The Morgan fingerprint density at radius 3 is 2.07 bits per heavy atom. The molecule has 3 amide bonds. The van der Waals surface area contributed by atoms with Gasteiger partial charge in [-0.05, 0) is 67.1 Å². The van der Waals surface area contributed by atoms with E-state index in [9.17, 15) is 32.7 Å². The third kappa shape index (κ3) is 10.0. The Kier molecular flexibility index (Phi) is 12.2. The first-order valence-electron chi connectivity index (χ1n) is 12.3. The Hall–Kier alpha value is -4.70. The van der Waals surface area contributed by atoms with Gasteiger partial charge in [0.05, 0.1) is 18.2 Å². The molecule has 0 spiro atoms. The lowest BCUT2D eigenvalue weighted by Gasteiger charge is -2.19. The Labute approximate surface area is 241 Å². The van der Waals surface area contributed by atoms with E-state index < -0.39 is 35.7 Å². The minimum Gasteiger partial charge on any atom is -0.391 e. The number of benzene rings is 3. The van der Waals surface area contributed by atoms with E-state index in [0.717, 1.165) is 12.1 Å². The zero-order valence-electron chi connectivity index (χ0n) is 21.8. The number of aliphatic hydroxyl groups is 1. The van der Waals surface area contributed by atoms with E-state index in [1.165, 1.54) is 30.6 Å². The van der Waals surface area contributed by atoms with Crippen molar-refractivity contribution in [2.24, 2.45) is 0 Å². The molecule has 0 aromatic heterocycles. The van der Waals surface area contributed by atoms with Gasteiger partial charge in [0.2, 0.25) is 5.91 Å². The molecule has 222 valence electrons. The van der Waals surface area contributed by atoms with Crippen LogP contribution in [0.2, 0.25) is 0 Å². The molecule has 3 aromatic rings. The van der Waals surface area contributed by atoms with E-state index in [1.54, 1.807) is 42.5 Å². The van der Waals surface area contributed by atoms with E-state index >= 15 is 0 Å². The molecule has 0 aliphatic rings. The van der Waals surface area contributed by atoms with Crippen LogP contribution in [0.4, 0.5) is 18.9 Å². The molecular weight excluding hydrogens is 553 g/mol. The Balaban J connectivity index is 0.00000616. The number of nitrogens with one attached hydrogen (secondary N) is 4. The van der Waals surface area contributed by atoms with Crippen molar-refractivity contribution in [3.05, 3.63) is 101 Å². The number of rotatable bonds is 9. The van der Waals surface area contributed by atoms with Gasteiger partial charge in [-0.25, -0.2) is 5.48 Å². The summed E-state index contributed by atoms with van der Waals surface area (Å²) in [5, 5.41) is 26.2. The predicted octanol–water partition coefficient (Wildman–Crippen LogP) is 3.45. The number of carbonyl (C=O) groups is 3. The summed E-state index contributed by atoms with van der Waals surface area (Å²) >= 11 is 0. The van der Waals surface area contributed by atoms with Gasteiger partial charge in [0.15, 0.2) is 0 Å². The summed E-state index contributed by atoms with van der Waals surface area (Å²) in [6.45, 7) is 1.30. The molecule has 9 nitrogen and oxygen atoms in total. The molecule has 0 radical (unpaired) electrons. The third-order valence-electron chi connectivity index (χ3n) is 5.70. The lowest BCUT2D eigenvalue weighted by atomic mass is 10.1. The second-order valence-electron chi connectivity index (χ2n) is 8.92. The number of hydrogen-bond donors (Lipinski definition) is 6. The SMILES string of the molecule is C.C[C@@H](O)[C@H](NC(=O)c1ccc(C#Cc2ccc(NC(=O)CNCc3cccc(C(F)(F)F)c3)cc2)cc1)C(=O)NO. The van der Waals surface area contributed by atoms with Crippen molar-refractivity contribution in [3.63, 3.8) is 0 Å². The summed E-state index contributed by atoms with van der Waals surface area (Å²) in [4.78, 5) is 36.1. The summed E-state index contributed by atoms with van der Waals surface area (Å²) in [5.74, 6) is 3.96. The van der Waals surface area contributed by atoms with Gasteiger partial charge >= 0.3 is 6.18 Å². The molecule has 3 aromatic carbocycles. The van der Waals surface area contributed by atoms with Gasteiger partial charge in [0, 0.05) is 28.9 Å². The maximum atomic E-state index is 12.8. The van der Waals surface area contributed by atoms with Gasteiger partial charge in [-0.3, -0.25) is 19.6 Å². The molecule has 0 aliphatic carbocycles. The van der Waals surface area contributed by atoms with Crippen LogP contribution < -0.4 is 21.4 Å². The highest BCUT2D eigenvalue weighted by atomic mass is 19.4. The maximum absolute atomic E-state index is 12.8. The highest BCUT2D eigenvalue weighted by molar-refractivity contribution is 5.97. The fourth-order valence-corrected chi connectivity index (χ4v) is 3.57. The molecule has 42 heavy (non-hydrogen) atoms. The summed E-state index contributed by atoms with van der Waals surface area (Å²) in [6, 6.07) is 16.5. The average molecular weight is 585 g/mol. The van der Waals surface area contributed by atoms with Crippen LogP contribution in [-0.4, -0.2) is 46.7 Å². The molecule has 0 saturated carbocycles. The summed E-state index contributed by atoms with van der Waals surface area (Å²) in [6.07, 6.45) is -5.66. The molecule has 0 bridgehead atoms. The van der Waals surface area contributed by atoms with Gasteiger partial charge in [0.1, 0.15) is 6.04 Å². The number of halogens is 3. The minimum absolute atomic E-state index is 0. The number of hydroxylamine groups is 1. The van der Waals surface area contributed by atoms with Crippen LogP contribution in [0.1, 0.15) is 47.0 Å². The smallest absolute Gasteiger partial charge is 0.391 e. The first kappa shape index (κ1) is 33.5. The monoisotopic (exact) mass is 584 g/mol. The normalized spacial score (nSPS) is 12.0. The summed E-state index contributed by atoms with van der Waals surface area (Å²) in [7, 11) is 0. The van der Waals surface area contributed by atoms with Crippen LogP contribution >= 0.6 is 0 Å². The lowest BCUT2D eigenvalue weighted by molar-refractivity contribution is -0.137. The van der Waals surface area contributed by atoms with Crippen LogP contribution in [0, 0.1) is 11.8 Å². The fourth-order valence-electron chi connectivity index (χ4n) is 3.57. The Bertz CT molecular complexity index is 1430. The molecule has 6 N–H and O–H groups in total. The van der Waals surface area contributed by atoms with Gasteiger partial charge in [-0.2, -0.15) is 13.2 Å². The van der Waals surface area contributed by atoms with Crippen LogP contribution in [0.5, 0.6) is 0 Å². The largest absolute Gasteiger partial charge is 0.416 e. The zero-order chi connectivity index (χ0) is 30.0. The maximum Gasteiger partial charge on any atom is 0.416 e. The average Bonchev–Trinajstić information content (AvgIpc) is 2.95. The van der Waals surface area contributed by atoms with E-state index in [4.69, 9.17) is 5.21 Å². The minimum atomic E-state index is -4.43.